The SMILES string of the molecule is Cc1cc(C)cc(N2CCC(C(=O)N3CCC(C(C)O)C3)C2=O)c1. The third-order valence-corrected chi connectivity index (χ3v) is 5.24. The number of benzene rings is 1. The Hall–Kier alpha value is -1.88. The Labute approximate surface area is 143 Å². The van der Waals surface area contributed by atoms with Crippen LogP contribution < -0.4 is 4.90 Å². The summed E-state index contributed by atoms with van der Waals surface area (Å²) >= 11 is 0. The summed E-state index contributed by atoms with van der Waals surface area (Å²) in [6, 6.07) is 6.07. The summed E-state index contributed by atoms with van der Waals surface area (Å²) in [5, 5.41) is 9.70. The van der Waals surface area contributed by atoms with E-state index >= 15 is 0 Å². The van der Waals surface area contributed by atoms with Gasteiger partial charge in [0, 0.05) is 31.2 Å². The molecule has 0 spiro atoms. The highest BCUT2D eigenvalue weighted by Crippen LogP contribution is 2.30. The summed E-state index contributed by atoms with van der Waals surface area (Å²) in [7, 11) is 0. The molecule has 2 fully saturated rings. The van der Waals surface area contributed by atoms with E-state index in [0.29, 0.717) is 26.1 Å². The van der Waals surface area contributed by atoms with E-state index in [9.17, 15) is 14.7 Å². The Bertz CT molecular complexity index is 636. The van der Waals surface area contributed by atoms with Crippen molar-refractivity contribution < 1.29 is 14.7 Å². The molecule has 2 saturated heterocycles. The molecule has 0 radical (unpaired) electrons. The Balaban J connectivity index is 1.71. The first kappa shape index (κ1) is 17.0. The maximum absolute atomic E-state index is 12.8. The monoisotopic (exact) mass is 330 g/mol. The van der Waals surface area contributed by atoms with Gasteiger partial charge in [0.05, 0.1) is 6.10 Å². The lowest BCUT2D eigenvalue weighted by Gasteiger charge is -2.22. The quantitative estimate of drug-likeness (QED) is 0.861. The van der Waals surface area contributed by atoms with Gasteiger partial charge in [-0.25, -0.2) is 0 Å². The van der Waals surface area contributed by atoms with Crippen molar-refractivity contribution in [1.82, 2.24) is 4.90 Å². The summed E-state index contributed by atoms with van der Waals surface area (Å²) in [6.45, 7) is 7.58. The highest BCUT2D eigenvalue weighted by atomic mass is 16.3. The molecule has 0 aromatic heterocycles. The Kier molecular flexibility index (Phi) is 4.63. The van der Waals surface area contributed by atoms with Crippen molar-refractivity contribution in [2.45, 2.75) is 39.7 Å². The first-order chi connectivity index (χ1) is 11.4. The molecule has 5 nitrogen and oxygen atoms in total. The highest BCUT2D eigenvalue weighted by molar-refractivity contribution is 6.09. The third-order valence-electron chi connectivity index (χ3n) is 5.24. The number of carbonyl (C=O) groups is 2. The van der Waals surface area contributed by atoms with Gasteiger partial charge in [-0.05, 0) is 56.9 Å². The minimum atomic E-state index is -0.571. The van der Waals surface area contributed by atoms with E-state index in [1.165, 1.54) is 0 Å². The van der Waals surface area contributed by atoms with Crippen LogP contribution in [-0.2, 0) is 9.59 Å². The van der Waals surface area contributed by atoms with Crippen LogP contribution in [-0.4, -0.2) is 47.6 Å². The number of anilines is 1. The summed E-state index contributed by atoms with van der Waals surface area (Å²) in [4.78, 5) is 29.0. The molecule has 1 aromatic rings. The average molecular weight is 330 g/mol. The molecule has 1 N–H and O–H groups in total. The van der Waals surface area contributed by atoms with Crippen LogP contribution in [0.5, 0.6) is 0 Å². The van der Waals surface area contributed by atoms with Crippen LogP contribution in [0.4, 0.5) is 5.69 Å². The maximum Gasteiger partial charge on any atom is 0.239 e. The van der Waals surface area contributed by atoms with Crippen molar-refractivity contribution in [1.29, 1.82) is 0 Å². The molecule has 3 unspecified atom stereocenters. The van der Waals surface area contributed by atoms with Gasteiger partial charge in [-0.2, -0.15) is 0 Å². The molecular weight excluding hydrogens is 304 g/mol. The Morgan fingerprint density at radius 2 is 1.83 bits per heavy atom. The molecule has 0 bridgehead atoms. The molecule has 5 heteroatoms. The van der Waals surface area contributed by atoms with Crippen LogP contribution in [0.2, 0.25) is 0 Å². The molecular formula is C19H26N2O3. The number of likely N-dealkylation sites (tertiary alicyclic amines) is 1. The second kappa shape index (κ2) is 6.55. The van der Waals surface area contributed by atoms with Crippen LogP contribution in [0.15, 0.2) is 18.2 Å². The predicted octanol–water partition coefficient (Wildman–Crippen LogP) is 1.89. The fraction of sp³-hybridized carbons (Fsp3) is 0.579. The van der Waals surface area contributed by atoms with Gasteiger partial charge in [-0.15, -0.1) is 0 Å². The number of rotatable bonds is 3. The molecule has 2 aliphatic heterocycles. The van der Waals surface area contributed by atoms with Crippen LogP contribution in [0.25, 0.3) is 0 Å². The fourth-order valence-corrected chi connectivity index (χ4v) is 3.87. The minimum absolute atomic E-state index is 0.0741. The summed E-state index contributed by atoms with van der Waals surface area (Å²) in [6.07, 6.45) is 0.972. The van der Waals surface area contributed by atoms with E-state index in [1.807, 2.05) is 26.0 Å². The third kappa shape index (κ3) is 3.18. The van der Waals surface area contributed by atoms with Crippen LogP contribution in [0.3, 0.4) is 0 Å². The molecule has 2 aliphatic rings. The maximum atomic E-state index is 12.8. The smallest absolute Gasteiger partial charge is 0.239 e. The van der Waals surface area contributed by atoms with E-state index < -0.39 is 12.0 Å². The lowest BCUT2D eigenvalue weighted by Crippen LogP contribution is -2.39. The average Bonchev–Trinajstić information content (AvgIpc) is 3.12. The standard InChI is InChI=1S/C19H26N2O3/c1-12-8-13(2)10-16(9-12)21-7-5-17(19(21)24)18(23)20-6-4-15(11-20)14(3)22/h8-10,14-15,17,22H,4-7,11H2,1-3H3. The van der Waals surface area contributed by atoms with Gasteiger partial charge >= 0.3 is 0 Å². The second-order valence-corrected chi connectivity index (χ2v) is 7.25. The Morgan fingerprint density at radius 3 is 2.42 bits per heavy atom. The van der Waals surface area contributed by atoms with Crippen molar-refractivity contribution >= 4 is 17.5 Å². The number of aryl methyl sites for hydroxylation is 2. The number of hydrogen-bond donors (Lipinski definition) is 1. The van der Waals surface area contributed by atoms with Crippen molar-refractivity contribution in [3.05, 3.63) is 29.3 Å². The largest absolute Gasteiger partial charge is 0.393 e. The summed E-state index contributed by atoms with van der Waals surface area (Å²) < 4.78 is 0. The molecule has 3 atom stereocenters. The van der Waals surface area contributed by atoms with Crippen molar-refractivity contribution in [3.63, 3.8) is 0 Å². The molecule has 2 heterocycles. The minimum Gasteiger partial charge on any atom is -0.393 e. The van der Waals surface area contributed by atoms with Gasteiger partial charge in [0.2, 0.25) is 11.8 Å². The number of aliphatic hydroxyl groups is 1. The lowest BCUT2D eigenvalue weighted by molar-refractivity contribution is -0.139. The summed E-state index contributed by atoms with van der Waals surface area (Å²) in [5.41, 5.74) is 3.12. The molecule has 1 aromatic carbocycles. The first-order valence-electron chi connectivity index (χ1n) is 8.73. The number of nitrogens with zero attached hydrogens (tertiary/aromatic N) is 2. The molecule has 2 amide bonds. The van der Waals surface area contributed by atoms with Crippen LogP contribution >= 0.6 is 0 Å². The van der Waals surface area contributed by atoms with Gasteiger partial charge in [0.15, 0.2) is 0 Å². The molecule has 3 rings (SSSR count). The van der Waals surface area contributed by atoms with Crippen LogP contribution in [0, 0.1) is 25.7 Å². The van der Waals surface area contributed by atoms with Crippen molar-refractivity contribution in [3.8, 4) is 0 Å². The number of hydrogen-bond acceptors (Lipinski definition) is 3. The van der Waals surface area contributed by atoms with E-state index in [4.69, 9.17) is 0 Å². The number of carbonyl (C=O) groups excluding carboxylic acids is 2. The lowest BCUT2D eigenvalue weighted by atomic mass is 10.0. The molecule has 130 valence electrons. The van der Waals surface area contributed by atoms with Gasteiger partial charge < -0.3 is 14.9 Å². The van der Waals surface area contributed by atoms with Gasteiger partial charge in [0.25, 0.3) is 0 Å². The van der Waals surface area contributed by atoms with Gasteiger partial charge in [-0.1, -0.05) is 6.07 Å². The zero-order chi connectivity index (χ0) is 17.4. The molecule has 24 heavy (non-hydrogen) atoms. The van der Waals surface area contributed by atoms with E-state index in [-0.39, 0.29) is 17.7 Å². The molecule has 0 aliphatic carbocycles. The first-order valence-corrected chi connectivity index (χ1v) is 8.73. The van der Waals surface area contributed by atoms with Crippen molar-refractivity contribution in [2.24, 2.45) is 11.8 Å². The van der Waals surface area contributed by atoms with Gasteiger partial charge in [-0.3, -0.25) is 9.59 Å². The van der Waals surface area contributed by atoms with Gasteiger partial charge in [0.1, 0.15) is 5.92 Å². The summed E-state index contributed by atoms with van der Waals surface area (Å²) in [5.74, 6) is -0.611. The fourth-order valence-electron chi connectivity index (χ4n) is 3.87. The topological polar surface area (TPSA) is 60.9 Å². The van der Waals surface area contributed by atoms with E-state index in [0.717, 1.165) is 23.2 Å². The van der Waals surface area contributed by atoms with E-state index in [1.54, 1.807) is 16.7 Å². The zero-order valence-corrected chi connectivity index (χ0v) is 14.7. The van der Waals surface area contributed by atoms with Crippen molar-refractivity contribution in [2.75, 3.05) is 24.5 Å². The highest BCUT2D eigenvalue weighted by Gasteiger charge is 2.41. The van der Waals surface area contributed by atoms with Crippen LogP contribution in [0.1, 0.15) is 30.9 Å². The van der Waals surface area contributed by atoms with E-state index in [2.05, 4.69) is 6.07 Å². The number of amides is 2. The molecule has 0 saturated carbocycles. The predicted molar refractivity (Wildman–Crippen MR) is 92.7 cm³/mol. The Morgan fingerprint density at radius 1 is 1.17 bits per heavy atom. The normalized spacial score (nSPS) is 25.4. The zero-order valence-electron chi connectivity index (χ0n) is 14.7. The second-order valence-electron chi connectivity index (χ2n) is 7.25. The number of aliphatic hydroxyl groups excluding tert-OH is 1.